The maximum atomic E-state index is 12.1. The van der Waals surface area contributed by atoms with Crippen molar-refractivity contribution in [3.63, 3.8) is 0 Å². The Morgan fingerprint density at radius 3 is 2.90 bits per heavy atom. The molecule has 110 valence electrons. The molecule has 0 unspecified atom stereocenters. The van der Waals surface area contributed by atoms with Crippen molar-refractivity contribution in [2.75, 3.05) is 6.54 Å². The van der Waals surface area contributed by atoms with Crippen LogP contribution in [0, 0.1) is 0 Å². The van der Waals surface area contributed by atoms with Gasteiger partial charge in [0.1, 0.15) is 0 Å². The lowest BCUT2D eigenvalue weighted by molar-refractivity contribution is -0.118. The Morgan fingerprint density at radius 1 is 1.38 bits per heavy atom. The summed E-state index contributed by atoms with van der Waals surface area (Å²) < 4.78 is 0. The summed E-state index contributed by atoms with van der Waals surface area (Å²) in [7, 11) is 0. The molecule has 0 spiro atoms. The number of aromatic nitrogens is 2. The third kappa shape index (κ3) is 4.06. The van der Waals surface area contributed by atoms with Crippen LogP contribution in [-0.4, -0.2) is 28.6 Å². The molecule has 2 amide bonds. The predicted molar refractivity (Wildman–Crippen MR) is 79.8 cm³/mol. The van der Waals surface area contributed by atoms with Crippen molar-refractivity contribution >= 4 is 23.4 Å². The molecule has 2 rings (SSSR count). The first-order chi connectivity index (χ1) is 10.1. The molecule has 0 aliphatic carbocycles. The van der Waals surface area contributed by atoms with E-state index >= 15 is 0 Å². The van der Waals surface area contributed by atoms with Gasteiger partial charge in [0, 0.05) is 23.6 Å². The second kappa shape index (κ2) is 6.90. The predicted octanol–water partition coefficient (Wildman–Crippen LogP) is 1.73. The summed E-state index contributed by atoms with van der Waals surface area (Å²) in [4.78, 5) is 22.7. The van der Waals surface area contributed by atoms with Crippen LogP contribution in [0.15, 0.2) is 30.5 Å². The maximum absolute atomic E-state index is 12.1. The second-order valence-electron chi connectivity index (χ2n) is 4.49. The number of carbonyl (C=O) groups excluding carboxylic acids is 2. The molecule has 0 radical (unpaired) electrons. The van der Waals surface area contributed by atoms with Crippen LogP contribution < -0.4 is 11.1 Å². The molecule has 7 heteroatoms. The Balaban J connectivity index is 2.06. The molecule has 0 aliphatic heterocycles. The number of nitrogens with one attached hydrogen (secondary N) is 2. The van der Waals surface area contributed by atoms with Crippen molar-refractivity contribution < 1.29 is 9.59 Å². The molecule has 0 aliphatic rings. The fraction of sp³-hybridized carbons (Fsp3) is 0.214. The van der Waals surface area contributed by atoms with Gasteiger partial charge in [-0.25, -0.2) is 0 Å². The first kappa shape index (κ1) is 15.1. The highest BCUT2D eigenvalue weighted by Crippen LogP contribution is 2.23. The van der Waals surface area contributed by atoms with Crippen molar-refractivity contribution in [1.29, 1.82) is 0 Å². The minimum absolute atomic E-state index is 0.243. The van der Waals surface area contributed by atoms with Gasteiger partial charge in [0.25, 0.3) is 5.91 Å². The molecule has 4 N–H and O–H groups in total. The molecule has 1 aromatic heterocycles. The van der Waals surface area contributed by atoms with Crippen LogP contribution in [-0.2, 0) is 4.79 Å². The number of hydrogen-bond acceptors (Lipinski definition) is 3. The standard InChI is InChI=1S/C14H15ClN4O2/c15-10-4-1-3-9(7-10)13-11(8-18-19-13)14(21)17-6-2-5-12(16)20/h1,3-4,7-8H,2,5-6H2,(H2,16,20)(H,17,21)(H,18,19). The normalized spacial score (nSPS) is 10.3. The number of H-pyrrole nitrogens is 1. The van der Waals surface area contributed by atoms with Crippen LogP contribution in [0.2, 0.25) is 5.02 Å². The van der Waals surface area contributed by atoms with Crippen LogP contribution in [0.25, 0.3) is 11.3 Å². The van der Waals surface area contributed by atoms with E-state index in [-0.39, 0.29) is 18.2 Å². The fourth-order valence-corrected chi connectivity index (χ4v) is 2.07. The van der Waals surface area contributed by atoms with E-state index in [2.05, 4.69) is 15.5 Å². The van der Waals surface area contributed by atoms with E-state index in [1.807, 2.05) is 6.07 Å². The van der Waals surface area contributed by atoms with E-state index in [4.69, 9.17) is 17.3 Å². The largest absolute Gasteiger partial charge is 0.370 e. The van der Waals surface area contributed by atoms with Crippen LogP contribution in [0.1, 0.15) is 23.2 Å². The Bertz CT molecular complexity index is 654. The Morgan fingerprint density at radius 2 is 2.19 bits per heavy atom. The molecule has 6 nitrogen and oxygen atoms in total. The lowest BCUT2D eigenvalue weighted by atomic mass is 10.1. The van der Waals surface area contributed by atoms with Gasteiger partial charge in [-0.2, -0.15) is 5.10 Å². The molecule has 0 atom stereocenters. The number of carbonyl (C=O) groups is 2. The van der Waals surface area contributed by atoms with Crippen LogP contribution in [0.5, 0.6) is 0 Å². The monoisotopic (exact) mass is 306 g/mol. The number of amides is 2. The SMILES string of the molecule is NC(=O)CCCNC(=O)c1cn[nH]c1-c1cccc(Cl)c1. The van der Waals surface area contributed by atoms with E-state index in [1.165, 1.54) is 6.20 Å². The number of nitrogens with zero attached hydrogens (tertiary/aromatic N) is 1. The third-order valence-electron chi connectivity index (χ3n) is 2.88. The molecule has 0 bridgehead atoms. The number of primary amides is 1. The summed E-state index contributed by atoms with van der Waals surface area (Å²) in [6.45, 7) is 0.377. The summed E-state index contributed by atoms with van der Waals surface area (Å²) >= 11 is 5.95. The number of rotatable bonds is 6. The van der Waals surface area contributed by atoms with Gasteiger partial charge < -0.3 is 11.1 Å². The van der Waals surface area contributed by atoms with Crippen LogP contribution >= 0.6 is 11.6 Å². The lowest BCUT2D eigenvalue weighted by Gasteiger charge is -2.05. The van der Waals surface area contributed by atoms with Gasteiger partial charge >= 0.3 is 0 Å². The summed E-state index contributed by atoms with van der Waals surface area (Å²) in [6.07, 6.45) is 2.21. The summed E-state index contributed by atoms with van der Waals surface area (Å²) in [5.41, 5.74) is 6.85. The van der Waals surface area contributed by atoms with Crippen molar-refractivity contribution in [3.05, 3.63) is 41.0 Å². The molecule has 0 saturated carbocycles. The first-order valence-corrected chi connectivity index (χ1v) is 6.81. The van der Waals surface area contributed by atoms with Gasteiger partial charge in [0.2, 0.25) is 5.91 Å². The number of halogens is 1. The number of aromatic amines is 1. The number of nitrogens with two attached hydrogens (primary N) is 1. The minimum atomic E-state index is -0.382. The fourth-order valence-electron chi connectivity index (χ4n) is 1.88. The summed E-state index contributed by atoms with van der Waals surface area (Å²) in [5, 5.41) is 10.0. The van der Waals surface area contributed by atoms with Crippen molar-refractivity contribution in [1.82, 2.24) is 15.5 Å². The van der Waals surface area contributed by atoms with E-state index in [9.17, 15) is 9.59 Å². The maximum Gasteiger partial charge on any atom is 0.255 e. The third-order valence-corrected chi connectivity index (χ3v) is 3.12. The highest BCUT2D eigenvalue weighted by Gasteiger charge is 2.15. The average molecular weight is 307 g/mol. The zero-order valence-electron chi connectivity index (χ0n) is 11.2. The van der Waals surface area contributed by atoms with Crippen molar-refractivity contribution in [3.8, 4) is 11.3 Å². The Kier molecular flexibility index (Phi) is 4.94. The first-order valence-electron chi connectivity index (χ1n) is 6.43. The van der Waals surface area contributed by atoms with Gasteiger partial charge in [0.05, 0.1) is 17.5 Å². The van der Waals surface area contributed by atoms with Gasteiger partial charge in [-0.3, -0.25) is 14.7 Å². The average Bonchev–Trinajstić information content (AvgIpc) is 2.92. The number of benzene rings is 1. The van der Waals surface area contributed by atoms with E-state index in [0.717, 1.165) is 5.56 Å². The summed E-state index contributed by atoms with van der Waals surface area (Å²) in [6, 6.07) is 7.14. The van der Waals surface area contributed by atoms with Gasteiger partial charge in [-0.05, 0) is 18.6 Å². The van der Waals surface area contributed by atoms with E-state index < -0.39 is 0 Å². The van der Waals surface area contributed by atoms with Crippen LogP contribution in [0.4, 0.5) is 0 Å². The molecule has 21 heavy (non-hydrogen) atoms. The van der Waals surface area contributed by atoms with Crippen LogP contribution in [0.3, 0.4) is 0 Å². The van der Waals surface area contributed by atoms with E-state index in [1.54, 1.807) is 18.2 Å². The Labute approximate surface area is 126 Å². The molecule has 2 aromatic rings. The number of hydrogen-bond donors (Lipinski definition) is 3. The Hall–Kier alpha value is -2.34. The van der Waals surface area contributed by atoms with Gasteiger partial charge in [0.15, 0.2) is 0 Å². The topological polar surface area (TPSA) is 101 Å². The lowest BCUT2D eigenvalue weighted by Crippen LogP contribution is -2.25. The quantitative estimate of drug-likeness (QED) is 0.708. The molecule has 1 aromatic carbocycles. The summed E-state index contributed by atoms with van der Waals surface area (Å²) in [5.74, 6) is -0.643. The smallest absolute Gasteiger partial charge is 0.255 e. The van der Waals surface area contributed by atoms with E-state index in [0.29, 0.717) is 29.2 Å². The molecule has 1 heterocycles. The highest BCUT2D eigenvalue weighted by molar-refractivity contribution is 6.30. The minimum Gasteiger partial charge on any atom is -0.370 e. The highest BCUT2D eigenvalue weighted by atomic mass is 35.5. The van der Waals surface area contributed by atoms with Crippen molar-refractivity contribution in [2.45, 2.75) is 12.8 Å². The van der Waals surface area contributed by atoms with Gasteiger partial charge in [-0.1, -0.05) is 23.7 Å². The molecular formula is C14H15ClN4O2. The zero-order chi connectivity index (χ0) is 15.2. The molecule has 0 fully saturated rings. The second-order valence-corrected chi connectivity index (χ2v) is 4.93. The molecule has 0 saturated heterocycles. The van der Waals surface area contributed by atoms with Gasteiger partial charge in [-0.15, -0.1) is 0 Å². The van der Waals surface area contributed by atoms with Crippen molar-refractivity contribution in [2.24, 2.45) is 5.73 Å². The molecular weight excluding hydrogens is 292 g/mol. The zero-order valence-corrected chi connectivity index (χ0v) is 12.0.